The van der Waals surface area contributed by atoms with Crippen LogP contribution in [0.1, 0.15) is 24.7 Å². The van der Waals surface area contributed by atoms with Crippen molar-refractivity contribution in [1.82, 2.24) is 9.97 Å². The molecule has 0 aromatic carbocycles. The van der Waals surface area contributed by atoms with Crippen LogP contribution in [0.25, 0.3) is 0 Å². The molecule has 0 unspecified atom stereocenters. The molecule has 2 N–H and O–H groups in total. The fraction of sp³-hybridized carbons (Fsp3) is 0.600. The van der Waals surface area contributed by atoms with Gasteiger partial charge in [0.25, 0.3) is 5.56 Å². The number of rotatable bonds is 5. The van der Waals surface area contributed by atoms with Gasteiger partial charge in [-0.05, 0) is 6.42 Å². The fourth-order valence-corrected chi connectivity index (χ4v) is 1.34. The van der Waals surface area contributed by atoms with Crippen LogP contribution < -0.4 is 5.56 Å². The molecule has 0 saturated heterocycles. The molecule has 18 heavy (non-hydrogen) atoms. The normalized spacial score (nSPS) is 11.8. The van der Waals surface area contributed by atoms with E-state index < -0.39 is 30.8 Å². The lowest BCUT2D eigenvalue weighted by Crippen LogP contribution is -2.20. The highest BCUT2D eigenvalue weighted by atomic mass is 19.4. The molecule has 0 saturated carbocycles. The van der Waals surface area contributed by atoms with E-state index in [-0.39, 0.29) is 11.4 Å². The first-order valence-corrected chi connectivity index (χ1v) is 5.29. The van der Waals surface area contributed by atoms with Crippen LogP contribution in [0, 0.1) is 0 Å². The molecule has 8 heteroatoms. The predicted octanol–water partition coefficient (Wildman–Crippen LogP) is 1.51. The van der Waals surface area contributed by atoms with Gasteiger partial charge in [-0.2, -0.15) is 18.2 Å². The Kier molecular flexibility index (Phi) is 4.71. The predicted molar refractivity (Wildman–Crippen MR) is 56.2 cm³/mol. The average molecular weight is 266 g/mol. The number of nitrogens with zero attached hydrogens (tertiary/aromatic N) is 1. The van der Waals surface area contributed by atoms with Crippen LogP contribution >= 0.6 is 0 Å². The third kappa shape index (κ3) is 4.36. The number of aromatic nitrogens is 2. The van der Waals surface area contributed by atoms with Crippen molar-refractivity contribution < 1.29 is 23.0 Å². The summed E-state index contributed by atoms with van der Waals surface area (Å²) in [7, 11) is 0. The van der Waals surface area contributed by atoms with Gasteiger partial charge in [-0.25, -0.2) is 0 Å². The zero-order valence-electron chi connectivity index (χ0n) is 9.67. The fourth-order valence-electron chi connectivity index (χ4n) is 1.34. The molecule has 1 aromatic heterocycles. The lowest BCUT2D eigenvalue weighted by Gasteiger charge is -2.08. The van der Waals surface area contributed by atoms with Crippen LogP contribution in [0.15, 0.2) is 4.79 Å². The van der Waals surface area contributed by atoms with E-state index in [2.05, 4.69) is 14.7 Å². The molecule has 1 heterocycles. The Labute approximate surface area is 101 Å². The van der Waals surface area contributed by atoms with Gasteiger partial charge in [-0.3, -0.25) is 4.79 Å². The van der Waals surface area contributed by atoms with Crippen LogP contribution in [0.4, 0.5) is 13.2 Å². The van der Waals surface area contributed by atoms with Gasteiger partial charge in [0.2, 0.25) is 5.88 Å². The molecule has 5 nitrogen and oxygen atoms in total. The molecule has 0 atom stereocenters. The van der Waals surface area contributed by atoms with Crippen LogP contribution in [0.2, 0.25) is 0 Å². The van der Waals surface area contributed by atoms with Gasteiger partial charge < -0.3 is 14.8 Å². The van der Waals surface area contributed by atoms with Gasteiger partial charge in [-0.1, -0.05) is 13.3 Å². The number of hydrogen-bond donors (Lipinski definition) is 2. The lowest BCUT2D eigenvalue weighted by molar-refractivity contribution is -0.177. The second-order valence-electron chi connectivity index (χ2n) is 3.67. The quantitative estimate of drug-likeness (QED) is 0.847. The van der Waals surface area contributed by atoms with Crippen LogP contribution in [-0.4, -0.2) is 27.9 Å². The molecule has 0 amide bonds. The summed E-state index contributed by atoms with van der Waals surface area (Å²) in [6.45, 7) is -0.137. The van der Waals surface area contributed by atoms with Crippen LogP contribution in [0.3, 0.4) is 0 Å². The molecule has 0 aliphatic heterocycles. The van der Waals surface area contributed by atoms with Crippen molar-refractivity contribution in [1.29, 1.82) is 0 Å². The third-order valence-corrected chi connectivity index (χ3v) is 2.05. The molecule has 0 aliphatic rings. The Morgan fingerprint density at radius 3 is 2.61 bits per heavy atom. The van der Waals surface area contributed by atoms with Crippen molar-refractivity contribution in [2.75, 3.05) is 6.61 Å². The van der Waals surface area contributed by atoms with E-state index >= 15 is 0 Å². The van der Waals surface area contributed by atoms with Crippen molar-refractivity contribution in [3.63, 3.8) is 0 Å². The van der Waals surface area contributed by atoms with Gasteiger partial charge in [0.05, 0.1) is 5.56 Å². The van der Waals surface area contributed by atoms with Gasteiger partial charge in [-0.15, -0.1) is 0 Å². The summed E-state index contributed by atoms with van der Waals surface area (Å²) in [5, 5.41) is 9.45. The third-order valence-electron chi connectivity index (χ3n) is 2.05. The minimum Gasteiger partial charge on any atom is -0.493 e. The van der Waals surface area contributed by atoms with Gasteiger partial charge in [0.1, 0.15) is 19.0 Å². The monoisotopic (exact) mass is 266 g/mol. The maximum absolute atomic E-state index is 11.8. The second-order valence-corrected chi connectivity index (χ2v) is 3.67. The first-order valence-electron chi connectivity index (χ1n) is 5.29. The maximum atomic E-state index is 11.8. The van der Waals surface area contributed by atoms with Gasteiger partial charge in [0.15, 0.2) is 0 Å². The summed E-state index contributed by atoms with van der Waals surface area (Å²) >= 11 is 0. The average Bonchev–Trinajstić information content (AvgIpc) is 2.21. The Morgan fingerprint density at radius 1 is 1.44 bits per heavy atom. The van der Waals surface area contributed by atoms with Crippen molar-refractivity contribution in [3.05, 3.63) is 21.7 Å². The number of alkyl halides is 3. The molecule has 0 aliphatic carbocycles. The summed E-state index contributed by atoms with van der Waals surface area (Å²) in [6, 6.07) is 0. The van der Waals surface area contributed by atoms with Gasteiger partial charge >= 0.3 is 6.18 Å². The molecule has 0 radical (unpaired) electrons. The van der Waals surface area contributed by atoms with Crippen molar-refractivity contribution in [2.24, 2.45) is 0 Å². The number of aromatic hydroxyl groups is 1. The Balaban J connectivity index is 2.72. The number of halogens is 3. The molecule has 1 aromatic rings. The maximum Gasteiger partial charge on any atom is 0.411 e. The molecule has 102 valence electrons. The molecular weight excluding hydrogens is 253 g/mol. The Hall–Kier alpha value is -1.57. The smallest absolute Gasteiger partial charge is 0.411 e. The van der Waals surface area contributed by atoms with Crippen molar-refractivity contribution in [3.8, 4) is 5.88 Å². The first-order chi connectivity index (χ1) is 8.33. The largest absolute Gasteiger partial charge is 0.493 e. The number of aromatic amines is 1. The number of nitrogens with one attached hydrogen (secondary N) is 1. The highest BCUT2D eigenvalue weighted by Crippen LogP contribution is 2.15. The van der Waals surface area contributed by atoms with E-state index in [0.29, 0.717) is 12.8 Å². The van der Waals surface area contributed by atoms with E-state index in [1.54, 1.807) is 0 Å². The Bertz CT molecular complexity index is 457. The van der Waals surface area contributed by atoms with E-state index in [0.717, 1.165) is 0 Å². The summed E-state index contributed by atoms with van der Waals surface area (Å²) in [5.74, 6) is -0.604. The number of ether oxygens (including phenoxy) is 1. The molecular formula is C10H13F3N2O3. The number of H-pyrrole nitrogens is 1. The SMILES string of the molecule is CCCc1c(O)nc(COCC(F)(F)F)[nH]c1=O. The Morgan fingerprint density at radius 2 is 2.11 bits per heavy atom. The zero-order valence-corrected chi connectivity index (χ0v) is 9.67. The lowest BCUT2D eigenvalue weighted by atomic mass is 10.2. The van der Waals surface area contributed by atoms with Crippen LogP contribution in [-0.2, 0) is 17.8 Å². The summed E-state index contributed by atoms with van der Waals surface area (Å²) in [5.41, 5.74) is -0.438. The minimum absolute atomic E-state index is 0.122. The highest BCUT2D eigenvalue weighted by molar-refractivity contribution is 5.22. The standard InChI is InChI=1S/C10H13F3N2O3/c1-2-3-6-8(16)14-7(15-9(6)17)4-18-5-10(11,12)13/h2-5H2,1H3,(H2,14,15,16,17). The zero-order chi connectivity index (χ0) is 13.8. The summed E-state index contributed by atoms with van der Waals surface area (Å²) < 4.78 is 39.8. The van der Waals surface area contributed by atoms with Gasteiger partial charge in [0, 0.05) is 0 Å². The van der Waals surface area contributed by atoms with E-state index in [1.165, 1.54) is 0 Å². The van der Waals surface area contributed by atoms with E-state index in [1.807, 2.05) is 6.92 Å². The molecule has 0 fully saturated rings. The highest BCUT2D eigenvalue weighted by Gasteiger charge is 2.27. The molecule has 0 bridgehead atoms. The molecule has 1 rings (SSSR count). The van der Waals surface area contributed by atoms with Crippen molar-refractivity contribution >= 4 is 0 Å². The number of hydrogen-bond acceptors (Lipinski definition) is 4. The van der Waals surface area contributed by atoms with Crippen molar-refractivity contribution in [2.45, 2.75) is 32.5 Å². The second kappa shape index (κ2) is 5.85. The van der Waals surface area contributed by atoms with Crippen LogP contribution in [0.5, 0.6) is 5.88 Å². The van der Waals surface area contributed by atoms with E-state index in [4.69, 9.17) is 0 Å². The van der Waals surface area contributed by atoms with E-state index in [9.17, 15) is 23.1 Å². The topological polar surface area (TPSA) is 75.2 Å². The molecule has 0 spiro atoms. The first kappa shape index (κ1) is 14.5. The summed E-state index contributed by atoms with van der Waals surface area (Å²) in [4.78, 5) is 17.3. The minimum atomic E-state index is -4.44. The summed E-state index contributed by atoms with van der Waals surface area (Å²) in [6.07, 6.45) is -3.45.